The van der Waals surface area contributed by atoms with Gasteiger partial charge in [0.05, 0.1) is 5.56 Å². The van der Waals surface area contributed by atoms with Gasteiger partial charge in [0.2, 0.25) is 0 Å². The number of nitrogens with one attached hydrogen (secondary N) is 1. The molecule has 2 N–H and O–H groups in total. The van der Waals surface area contributed by atoms with Gasteiger partial charge in [-0.15, -0.1) is 11.3 Å². The Morgan fingerprint density at radius 3 is 2.96 bits per heavy atom. The molecule has 120 valence electrons. The van der Waals surface area contributed by atoms with E-state index in [1.54, 1.807) is 24.4 Å². The Kier molecular flexibility index (Phi) is 4.40. The van der Waals surface area contributed by atoms with Gasteiger partial charge in [-0.3, -0.25) is 4.79 Å². The van der Waals surface area contributed by atoms with E-state index < -0.39 is 5.97 Å². The van der Waals surface area contributed by atoms with Crippen molar-refractivity contribution in [2.75, 3.05) is 11.9 Å². The summed E-state index contributed by atoms with van der Waals surface area (Å²) in [5, 5.41) is 14.3. The van der Waals surface area contributed by atoms with E-state index in [0.29, 0.717) is 16.9 Å². The van der Waals surface area contributed by atoms with E-state index in [1.807, 2.05) is 0 Å². The predicted octanol–water partition coefficient (Wildman–Crippen LogP) is 3.25. The van der Waals surface area contributed by atoms with E-state index in [2.05, 4.69) is 10.3 Å². The van der Waals surface area contributed by atoms with Crippen LogP contribution in [0.5, 0.6) is 0 Å². The van der Waals surface area contributed by atoms with Crippen LogP contribution in [0.25, 0.3) is 0 Å². The molecule has 23 heavy (non-hydrogen) atoms. The van der Waals surface area contributed by atoms with Crippen LogP contribution in [0.3, 0.4) is 0 Å². The standard InChI is InChI=1S/C16H16N2O4S/c1-9-4-5-10(7-11(9)16(20)21)17-14(19)12-8-23-15(18-12)13-3-2-6-22-13/h4-5,7-8,13H,2-3,6H2,1H3,(H,17,19)(H,20,21). The Balaban J connectivity index is 1.74. The van der Waals surface area contributed by atoms with Crippen LogP contribution in [-0.4, -0.2) is 28.6 Å². The van der Waals surface area contributed by atoms with E-state index in [1.165, 1.54) is 17.4 Å². The summed E-state index contributed by atoms with van der Waals surface area (Å²) >= 11 is 1.41. The number of carboxylic acids is 1. The second-order valence-electron chi connectivity index (χ2n) is 5.36. The Morgan fingerprint density at radius 1 is 1.43 bits per heavy atom. The number of nitrogens with zero attached hydrogens (tertiary/aromatic N) is 1. The smallest absolute Gasteiger partial charge is 0.336 e. The van der Waals surface area contributed by atoms with Crippen molar-refractivity contribution in [1.82, 2.24) is 4.98 Å². The number of carbonyl (C=O) groups excluding carboxylic acids is 1. The second kappa shape index (κ2) is 6.47. The van der Waals surface area contributed by atoms with Crippen LogP contribution in [0.1, 0.15) is 50.4 Å². The van der Waals surface area contributed by atoms with E-state index in [4.69, 9.17) is 9.84 Å². The molecule has 1 aliphatic rings. The molecule has 6 nitrogen and oxygen atoms in total. The number of benzene rings is 1. The monoisotopic (exact) mass is 332 g/mol. The van der Waals surface area contributed by atoms with Gasteiger partial charge in [0, 0.05) is 17.7 Å². The van der Waals surface area contributed by atoms with Gasteiger partial charge < -0.3 is 15.2 Å². The molecule has 3 rings (SSSR count). The fourth-order valence-corrected chi connectivity index (χ4v) is 3.32. The number of anilines is 1. The van der Waals surface area contributed by atoms with Gasteiger partial charge in [-0.25, -0.2) is 9.78 Å². The molecule has 2 heterocycles. The second-order valence-corrected chi connectivity index (χ2v) is 6.25. The first-order valence-electron chi connectivity index (χ1n) is 7.27. The van der Waals surface area contributed by atoms with Crippen LogP contribution in [0.2, 0.25) is 0 Å². The number of aromatic nitrogens is 1. The zero-order chi connectivity index (χ0) is 16.4. The molecule has 0 aliphatic carbocycles. The molecule has 1 amide bonds. The molecule has 1 aromatic heterocycles. The lowest BCUT2D eigenvalue weighted by atomic mass is 10.1. The minimum Gasteiger partial charge on any atom is -0.478 e. The number of amides is 1. The van der Waals surface area contributed by atoms with Gasteiger partial charge in [0.25, 0.3) is 5.91 Å². The van der Waals surface area contributed by atoms with Crippen LogP contribution in [0.15, 0.2) is 23.6 Å². The van der Waals surface area contributed by atoms with Crippen LogP contribution in [-0.2, 0) is 4.74 Å². The molecule has 0 saturated carbocycles. The average Bonchev–Trinajstić information content (AvgIpc) is 3.19. The topological polar surface area (TPSA) is 88.5 Å². The summed E-state index contributed by atoms with van der Waals surface area (Å²) in [6.07, 6.45) is 1.92. The summed E-state index contributed by atoms with van der Waals surface area (Å²) in [5.41, 5.74) is 1.56. The van der Waals surface area contributed by atoms with E-state index >= 15 is 0 Å². The van der Waals surface area contributed by atoms with Crippen molar-refractivity contribution in [3.8, 4) is 0 Å². The van der Waals surface area contributed by atoms with E-state index in [9.17, 15) is 9.59 Å². The average molecular weight is 332 g/mol. The minimum atomic E-state index is -1.02. The lowest BCUT2D eigenvalue weighted by molar-refractivity contribution is 0.0695. The largest absolute Gasteiger partial charge is 0.478 e. The summed E-state index contributed by atoms with van der Waals surface area (Å²) in [7, 11) is 0. The summed E-state index contributed by atoms with van der Waals surface area (Å²) in [4.78, 5) is 27.7. The van der Waals surface area contributed by atoms with Gasteiger partial charge in [-0.2, -0.15) is 0 Å². The first-order valence-corrected chi connectivity index (χ1v) is 8.15. The SMILES string of the molecule is Cc1ccc(NC(=O)c2csc(C3CCCO3)n2)cc1C(=O)O. The Bertz CT molecular complexity index is 750. The van der Waals surface area contributed by atoms with Crippen LogP contribution in [0, 0.1) is 6.92 Å². The number of carboxylic acid groups (broad SMARTS) is 1. The zero-order valence-electron chi connectivity index (χ0n) is 12.5. The highest BCUT2D eigenvalue weighted by molar-refractivity contribution is 7.09. The minimum absolute atomic E-state index is 0.0143. The van der Waals surface area contributed by atoms with E-state index in [0.717, 1.165) is 24.5 Å². The van der Waals surface area contributed by atoms with Crippen molar-refractivity contribution in [1.29, 1.82) is 0 Å². The molecule has 2 aromatic rings. The van der Waals surface area contributed by atoms with Crippen LogP contribution < -0.4 is 5.32 Å². The lowest BCUT2D eigenvalue weighted by Crippen LogP contribution is -2.13. The molecule has 1 saturated heterocycles. The number of thiazole rings is 1. The normalized spacial score (nSPS) is 17.2. The van der Waals surface area contributed by atoms with Crippen molar-refractivity contribution >= 4 is 28.9 Å². The number of hydrogen-bond donors (Lipinski definition) is 2. The Hall–Kier alpha value is -2.25. The first kappa shape index (κ1) is 15.6. The maximum Gasteiger partial charge on any atom is 0.336 e. The summed E-state index contributed by atoms with van der Waals surface area (Å²) in [6.45, 7) is 2.44. The molecule has 1 fully saturated rings. The molecular weight excluding hydrogens is 316 g/mol. The third-order valence-corrected chi connectivity index (χ3v) is 4.62. The van der Waals surface area contributed by atoms with Crippen molar-refractivity contribution in [2.45, 2.75) is 25.9 Å². The highest BCUT2D eigenvalue weighted by Crippen LogP contribution is 2.30. The quantitative estimate of drug-likeness (QED) is 0.897. The number of ether oxygens (including phenoxy) is 1. The number of rotatable bonds is 4. The molecule has 0 radical (unpaired) electrons. The number of carbonyl (C=O) groups is 2. The fourth-order valence-electron chi connectivity index (χ4n) is 2.44. The van der Waals surface area contributed by atoms with Gasteiger partial charge in [0.1, 0.15) is 16.8 Å². The molecule has 0 bridgehead atoms. The number of aromatic carboxylic acids is 1. The Morgan fingerprint density at radius 2 is 2.26 bits per heavy atom. The fraction of sp³-hybridized carbons (Fsp3) is 0.312. The Labute approximate surface area is 137 Å². The van der Waals surface area contributed by atoms with Crippen LogP contribution in [0.4, 0.5) is 5.69 Å². The third kappa shape index (κ3) is 3.40. The summed E-state index contributed by atoms with van der Waals surface area (Å²) < 4.78 is 5.56. The van der Waals surface area contributed by atoms with Gasteiger partial charge >= 0.3 is 5.97 Å². The molecule has 1 aromatic carbocycles. The maximum atomic E-state index is 12.3. The summed E-state index contributed by atoms with van der Waals surface area (Å²) in [5.74, 6) is -1.38. The predicted molar refractivity (Wildman–Crippen MR) is 86.1 cm³/mol. The first-order chi connectivity index (χ1) is 11.0. The molecule has 1 atom stereocenters. The highest BCUT2D eigenvalue weighted by atomic mass is 32.1. The van der Waals surface area contributed by atoms with Crippen LogP contribution >= 0.6 is 11.3 Å². The summed E-state index contributed by atoms with van der Waals surface area (Å²) in [6, 6.07) is 4.79. The van der Waals surface area contributed by atoms with Crippen molar-refractivity contribution in [2.24, 2.45) is 0 Å². The number of aryl methyl sites for hydroxylation is 1. The van der Waals surface area contributed by atoms with Gasteiger partial charge in [-0.05, 0) is 37.5 Å². The molecule has 1 aliphatic heterocycles. The number of hydrogen-bond acceptors (Lipinski definition) is 5. The maximum absolute atomic E-state index is 12.3. The molecule has 7 heteroatoms. The van der Waals surface area contributed by atoms with Crippen molar-refractivity contribution in [3.05, 3.63) is 45.4 Å². The van der Waals surface area contributed by atoms with Gasteiger partial charge in [0.15, 0.2) is 0 Å². The molecule has 0 spiro atoms. The highest BCUT2D eigenvalue weighted by Gasteiger charge is 2.22. The lowest BCUT2D eigenvalue weighted by Gasteiger charge is -2.07. The molecular formula is C16H16N2O4S. The molecule has 1 unspecified atom stereocenters. The third-order valence-electron chi connectivity index (χ3n) is 3.69. The van der Waals surface area contributed by atoms with Crippen molar-refractivity contribution in [3.63, 3.8) is 0 Å². The van der Waals surface area contributed by atoms with Crippen molar-refractivity contribution < 1.29 is 19.4 Å². The zero-order valence-corrected chi connectivity index (χ0v) is 13.4. The van der Waals surface area contributed by atoms with Gasteiger partial charge in [-0.1, -0.05) is 6.07 Å². The van der Waals surface area contributed by atoms with E-state index in [-0.39, 0.29) is 17.6 Å².